The molecular formula is C25H43N5O8. The maximum Gasteiger partial charge on any atom is 0.407 e. The number of carbonyl (C=O) groups excluding carboxylic acids is 4. The minimum Gasteiger partial charge on any atom is -0.480 e. The van der Waals surface area contributed by atoms with E-state index in [4.69, 9.17) is 15.2 Å². The number of hydrogen-bond acceptors (Lipinski definition) is 7. The average molecular weight is 542 g/mol. The standard InChI is InChI=1S/C25H43N5O8/c1-17(2)21(22(32)29-19(23(33)34)11-8-13-27-24(26)35)30-20(31)12-15-37-16-14-28-25(36)38-18-9-6-4-3-5-7-10-18/h3-4,17-19,21H,5-16H2,1-2H3,(H,28,36)(H,29,32)(H,30,31)(H,33,34)(H3,26,27,35)/b4-3-/t18?,19-,21+/m0/s1. The Labute approximate surface area is 223 Å². The van der Waals surface area contributed by atoms with E-state index < -0.39 is 42.0 Å². The van der Waals surface area contributed by atoms with Crippen LogP contribution in [0, 0.1) is 5.92 Å². The molecule has 1 aliphatic carbocycles. The Morgan fingerprint density at radius 1 is 1.00 bits per heavy atom. The van der Waals surface area contributed by atoms with Gasteiger partial charge in [-0.1, -0.05) is 26.0 Å². The van der Waals surface area contributed by atoms with Gasteiger partial charge in [-0.25, -0.2) is 14.4 Å². The number of amides is 5. The molecule has 0 spiro atoms. The summed E-state index contributed by atoms with van der Waals surface area (Å²) < 4.78 is 10.8. The molecule has 3 atom stereocenters. The summed E-state index contributed by atoms with van der Waals surface area (Å²) in [5.41, 5.74) is 4.97. The van der Waals surface area contributed by atoms with Crippen molar-refractivity contribution in [2.24, 2.45) is 11.7 Å². The largest absolute Gasteiger partial charge is 0.480 e. The summed E-state index contributed by atoms with van der Waals surface area (Å²) >= 11 is 0. The summed E-state index contributed by atoms with van der Waals surface area (Å²) in [6, 6.07) is -2.83. The molecule has 0 aromatic heterocycles. The molecule has 7 N–H and O–H groups in total. The van der Waals surface area contributed by atoms with Gasteiger partial charge in [0.2, 0.25) is 11.8 Å². The van der Waals surface area contributed by atoms with Crippen LogP contribution in [0.25, 0.3) is 0 Å². The van der Waals surface area contributed by atoms with Gasteiger partial charge in [-0.05, 0) is 50.9 Å². The molecule has 0 saturated carbocycles. The molecule has 0 radical (unpaired) electrons. The number of carboxylic acids is 1. The Morgan fingerprint density at radius 2 is 1.74 bits per heavy atom. The van der Waals surface area contributed by atoms with Gasteiger partial charge < -0.3 is 41.6 Å². The van der Waals surface area contributed by atoms with Gasteiger partial charge in [0, 0.05) is 19.5 Å². The number of nitrogens with one attached hydrogen (secondary N) is 4. The van der Waals surface area contributed by atoms with Gasteiger partial charge in [-0.3, -0.25) is 9.59 Å². The summed E-state index contributed by atoms with van der Waals surface area (Å²) in [6.07, 6.45) is 8.52. The smallest absolute Gasteiger partial charge is 0.407 e. The second kappa shape index (κ2) is 18.8. The first-order chi connectivity index (χ1) is 18.1. The first kappa shape index (κ1) is 32.7. The minimum atomic E-state index is -1.22. The van der Waals surface area contributed by atoms with Gasteiger partial charge >= 0.3 is 18.1 Å². The van der Waals surface area contributed by atoms with E-state index in [1.54, 1.807) is 13.8 Å². The SMILES string of the molecule is CC(C)[C@@H](NC(=O)CCOCCNC(=O)OC1CC/C=C\CCC1)C(=O)N[C@@H](CCCNC(N)=O)C(=O)O. The van der Waals surface area contributed by atoms with Crippen LogP contribution in [-0.2, 0) is 23.9 Å². The highest BCUT2D eigenvalue weighted by molar-refractivity contribution is 5.90. The molecule has 0 aliphatic heterocycles. The van der Waals surface area contributed by atoms with Crippen molar-refractivity contribution >= 4 is 29.9 Å². The molecule has 0 fully saturated rings. The normalized spacial score (nSPS) is 17.7. The van der Waals surface area contributed by atoms with Gasteiger partial charge in [0.05, 0.1) is 13.2 Å². The fourth-order valence-electron chi connectivity index (χ4n) is 3.75. The van der Waals surface area contributed by atoms with Crippen molar-refractivity contribution < 1.29 is 38.6 Å². The molecule has 5 amide bonds. The monoisotopic (exact) mass is 541 g/mol. The zero-order valence-corrected chi connectivity index (χ0v) is 22.3. The molecule has 216 valence electrons. The molecule has 0 bridgehead atoms. The lowest BCUT2D eigenvalue weighted by Gasteiger charge is -2.24. The van der Waals surface area contributed by atoms with Crippen LogP contribution in [0.2, 0.25) is 0 Å². The molecule has 0 saturated heterocycles. The summed E-state index contributed by atoms with van der Waals surface area (Å²) in [4.78, 5) is 59.2. The zero-order chi connectivity index (χ0) is 28.3. The van der Waals surface area contributed by atoms with Crippen LogP contribution < -0.4 is 27.0 Å². The van der Waals surface area contributed by atoms with Crippen molar-refractivity contribution in [3.8, 4) is 0 Å². The number of carboxylic acid groups (broad SMARTS) is 1. The average Bonchev–Trinajstić information content (AvgIpc) is 2.82. The van der Waals surface area contributed by atoms with Crippen molar-refractivity contribution in [3.05, 3.63) is 12.2 Å². The molecule has 0 aromatic carbocycles. The predicted molar refractivity (Wildman–Crippen MR) is 139 cm³/mol. The molecular weight excluding hydrogens is 498 g/mol. The number of allylic oxidation sites excluding steroid dienone is 2. The van der Waals surface area contributed by atoms with Gasteiger partial charge in [-0.2, -0.15) is 0 Å². The molecule has 0 aromatic rings. The minimum absolute atomic E-state index is 0.0162. The van der Waals surface area contributed by atoms with Crippen LogP contribution in [0.5, 0.6) is 0 Å². The highest BCUT2D eigenvalue weighted by Gasteiger charge is 2.28. The molecule has 1 unspecified atom stereocenters. The molecule has 1 rings (SSSR count). The van der Waals surface area contributed by atoms with Crippen molar-refractivity contribution in [1.29, 1.82) is 0 Å². The number of ether oxygens (including phenoxy) is 2. The van der Waals surface area contributed by atoms with Gasteiger partial charge in [-0.15, -0.1) is 0 Å². The van der Waals surface area contributed by atoms with Gasteiger partial charge in [0.1, 0.15) is 18.2 Å². The summed E-state index contributed by atoms with van der Waals surface area (Å²) in [5.74, 6) is -2.57. The van der Waals surface area contributed by atoms with Gasteiger partial charge in [0.25, 0.3) is 0 Å². The Kier molecular flexibility index (Phi) is 16.2. The van der Waals surface area contributed by atoms with Crippen LogP contribution >= 0.6 is 0 Å². The fourth-order valence-corrected chi connectivity index (χ4v) is 3.75. The Bertz CT molecular complexity index is 805. The fraction of sp³-hybridized carbons (Fsp3) is 0.720. The summed E-state index contributed by atoms with van der Waals surface area (Å²) in [6.45, 7) is 4.13. The predicted octanol–water partition coefficient (Wildman–Crippen LogP) is 1.17. The molecule has 0 heterocycles. The van der Waals surface area contributed by atoms with Crippen molar-refractivity contribution in [1.82, 2.24) is 21.3 Å². The van der Waals surface area contributed by atoms with Gasteiger partial charge in [0.15, 0.2) is 0 Å². The van der Waals surface area contributed by atoms with Crippen molar-refractivity contribution in [3.63, 3.8) is 0 Å². The second-order valence-corrected chi connectivity index (χ2v) is 9.42. The first-order valence-corrected chi connectivity index (χ1v) is 13.1. The van der Waals surface area contributed by atoms with E-state index in [0.29, 0.717) is 6.42 Å². The van der Waals surface area contributed by atoms with Crippen LogP contribution in [0.1, 0.15) is 65.2 Å². The Morgan fingerprint density at radius 3 is 2.42 bits per heavy atom. The number of rotatable bonds is 16. The van der Waals surface area contributed by atoms with Crippen LogP contribution in [-0.4, -0.2) is 79.5 Å². The molecule has 1 aliphatic rings. The number of carbonyl (C=O) groups is 5. The number of hydrogen-bond donors (Lipinski definition) is 6. The van der Waals surface area contributed by atoms with E-state index in [0.717, 1.165) is 32.1 Å². The number of urea groups is 1. The maximum atomic E-state index is 12.7. The summed E-state index contributed by atoms with van der Waals surface area (Å²) in [7, 11) is 0. The Hall–Kier alpha value is -3.35. The van der Waals surface area contributed by atoms with Crippen molar-refractivity contribution in [2.75, 3.05) is 26.3 Å². The van der Waals surface area contributed by atoms with Crippen LogP contribution in [0.3, 0.4) is 0 Å². The van der Waals surface area contributed by atoms with Crippen LogP contribution in [0.4, 0.5) is 9.59 Å². The quantitative estimate of drug-likeness (QED) is 0.124. The molecule has 13 heteroatoms. The number of alkyl carbamates (subject to hydrolysis) is 1. The van der Waals surface area contributed by atoms with E-state index in [-0.39, 0.29) is 51.2 Å². The number of aliphatic carboxylic acids is 1. The second-order valence-electron chi connectivity index (χ2n) is 9.42. The lowest BCUT2D eigenvalue weighted by Crippen LogP contribution is -2.53. The third-order valence-electron chi connectivity index (χ3n) is 5.83. The third kappa shape index (κ3) is 15.0. The third-order valence-corrected chi connectivity index (χ3v) is 5.83. The zero-order valence-electron chi connectivity index (χ0n) is 22.3. The van der Waals surface area contributed by atoms with E-state index in [1.165, 1.54) is 0 Å². The van der Waals surface area contributed by atoms with Crippen molar-refractivity contribution in [2.45, 2.75) is 83.4 Å². The maximum absolute atomic E-state index is 12.7. The number of nitrogens with two attached hydrogens (primary N) is 1. The first-order valence-electron chi connectivity index (χ1n) is 13.1. The Balaban J connectivity index is 2.31. The van der Waals surface area contributed by atoms with E-state index in [2.05, 4.69) is 33.4 Å². The van der Waals surface area contributed by atoms with Crippen LogP contribution in [0.15, 0.2) is 12.2 Å². The topological polar surface area (TPSA) is 198 Å². The lowest BCUT2D eigenvalue weighted by atomic mass is 10.0. The molecule has 13 nitrogen and oxygen atoms in total. The number of primary amides is 1. The van der Waals surface area contributed by atoms with E-state index in [1.807, 2.05) is 0 Å². The van der Waals surface area contributed by atoms with E-state index in [9.17, 15) is 29.1 Å². The van der Waals surface area contributed by atoms with E-state index >= 15 is 0 Å². The summed E-state index contributed by atoms with van der Waals surface area (Å²) in [5, 5.41) is 19.4. The highest BCUT2D eigenvalue weighted by atomic mass is 16.6. The highest BCUT2D eigenvalue weighted by Crippen LogP contribution is 2.15. The lowest BCUT2D eigenvalue weighted by molar-refractivity contribution is -0.142. The molecule has 38 heavy (non-hydrogen) atoms.